The summed E-state index contributed by atoms with van der Waals surface area (Å²) < 4.78 is 5.72. The second-order valence-corrected chi connectivity index (χ2v) is 5.24. The Kier molecular flexibility index (Phi) is 3.49. The Morgan fingerprint density at radius 2 is 1.81 bits per heavy atom. The molecule has 3 rings (SSSR count). The van der Waals surface area contributed by atoms with Crippen LogP contribution in [0.3, 0.4) is 0 Å². The van der Waals surface area contributed by atoms with Crippen LogP contribution in [0.25, 0.3) is 10.8 Å². The molecule has 106 valence electrons. The van der Waals surface area contributed by atoms with Gasteiger partial charge in [-0.15, -0.1) is 0 Å². The number of rotatable bonds is 2. The number of aromatic nitrogens is 1. The average Bonchev–Trinajstić information content (AvgIpc) is 2.45. The van der Waals surface area contributed by atoms with Gasteiger partial charge < -0.3 is 15.6 Å². The second-order valence-electron chi connectivity index (χ2n) is 4.43. The largest absolute Gasteiger partial charge is 0.508 e. The first-order valence-corrected chi connectivity index (χ1v) is 6.80. The van der Waals surface area contributed by atoms with E-state index in [1.165, 1.54) is 12.1 Å². The molecule has 0 atom stereocenters. The number of ether oxygens (including phenoxy) is 1. The van der Waals surface area contributed by atoms with Crippen molar-refractivity contribution in [1.29, 1.82) is 0 Å². The van der Waals surface area contributed by atoms with Crippen molar-refractivity contribution < 1.29 is 9.84 Å². The molecule has 0 aliphatic heterocycles. The Morgan fingerprint density at radius 3 is 2.62 bits per heavy atom. The molecule has 3 aromatic rings. The van der Waals surface area contributed by atoms with Crippen LogP contribution in [0.2, 0.25) is 10.0 Å². The van der Waals surface area contributed by atoms with E-state index in [4.69, 9.17) is 33.7 Å². The van der Waals surface area contributed by atoms with Crippen molar-refractivity contribution in [2.75, 3.05) is 5.73 Å². The molecule has 1 aromatic heterocycles. The molecule has 0 unspecified atom stereocenters. The van der Waals surface area contributed by atoms with Gasteiger partial charge >= 0.3 is 0 Å². The molecule has 1 heterocycles. The number of phenolic OH excluding ortho intramolecular Hbond substituents is 1. The predicted molar refractivity (Wildman–Crippen MR) is 84.4 cm³/mol. The summed E-state index contributed by atoms with van der Waals surface area (Å²) >= 11 is 11.9. The van der Waals surface area contributed by atoms with E-state index in [-0.39, 0.29) is 5.75 Å². The number of nitrogen functional groups attached to an aromatic ring is 1. The molecule has 2 aromatic carbocycles. The average molecular weight is 321 g/mol. The smallest absolute Gasteiger partial charge is 0.227 e. The number of hydrogen-bond acceptors (Lipinski definition) is 4. The molecule has 6 heteroatoms. The molecule has 21 heavy (non-hydrogen) atoms. The van der Waals surface area contributed by atoms with Crippen molar-refractivity contribution in [3.63, 3.8) is 0 Å². The second kappa shape index (κ2) is 5.31. The van der Waals surface area contributed by atoms with E-state index in [1.807, 2.05) is 6.07 Å². The molecule has 0 bridgehead atoms. The third-order valence-corrected chi connectivity index (χ3v) is 3.69. The van der Waals surface area contributed by atoms with Crippen LogP contribution in [0, 0.1) is 0 Å². The van der Waals surface area contributed by atoms with Crippen LogP contribution in [-0.2, 0) is 0 Å². The summed E-state index contributed by atoms with van der Waals surface area (Å²) in [5.74, 6) is 0.809. The number of anilines is 1. The van der Waals surface area contributed by atoms with Crippen LogP contribution in [-0.4, -0.2) is 10.1 Å². The van der Waals surface area contributed by atoms with Crippen molar-refractivity contribution in [1.82, 2.24) is 4.98 Å². The number of aromatic hydroxyl groups is 1. The number of halogens is 2. The highest BCUT2D eigenvalue weighted by molar-refractivity contribution is 6.42. The Morgan fingerprint density at radius 1 is 1.05 bits per heavy atom. The first-order chi connectivity index (χ1) is 10.0. The maximum absolute atomic E-state index is 9.61. The van der Waals surface area contributed by atoms with Crippen molar-refractivity contribution >= 4 is 39.7 Å². The molecule has 0 radical (unpaired) electrons. The summed E-state index contributed by atoms with van der Waals surface area (Å²) in [5.41, 5.74) is 6.22. The first kappa shape index (κ1) is 13.8. The number of pyridine rings is 1. The minimum absolute atomic E-state index is 0.127. The molecule has 0 aliphatic carbocycles. The van der Waals surface area contributed by atoms with Crippen molar-refractivity contribution in [2.24, 2.45) is 0 Å². The molecule has 0 aliphatic rings. The normalized spacial score (nSPS) is 10.8. The molecule has 0 saturated heterocycles. The number of fused-ring (bicyclic) bond motifs is 1. The Labute approximate surface area is 130 Å². The maximum atomic E-state index is 9.61. The van der Waals surface area contributed by atoms with Crippen molar-refractivity contribution in [3.05, 3.63) is 52.6 Å². The van der Waals surface area contributed by atoms with Gasteiger partial charge in [0.15, 0.2) is 5.75 Å². The van der Waals surface area contributed by atoms with Gasteiger partial charge in [0.25, 0.3) is 0 Å². The van der Waals surface area contributed by atoms with Crippen LogP contribution in [0.4, 0.5) is 5.69 Å². The van der Waals surface area contributed by atoms with Gasteiger partial charge in [-0.05, 0) is 29.7 Å². The van der Waals surface area contributed by atoms with Gasteiger partial charge in [-0.25, -0.2) is 4.98 Å². The molecule has 4 nitrogen and oxygen atoms in total. The Bertz CT molecular complexity index is 837. The fraction of sp³-hybridized carbons (Fsp3) is 0. The summed E-state index contributed by atoms with van der Waals surface area (Å²) in [7, 11) is 0. The summed E-state index contributed by atoms with van der Waals surface area (Å²) in [6.45, 7) is 0. The highest BCUT2D eigenvalue weighted by Gasteiger charge is 2.11. The number of hydrogen-bond donors (Lipinski definition) is 2. The number of benzene rings is 2. The lowest BCUT2D eigenvalue weighted by Crippen LogP contribution is -1.94. The van der Waals surface area contributed by atoms with Gasteiger partial charge in [0.2, 0.25) is 5.88 Å². The lowest BCUT2D eigenvalue weighted by Gasteiger charge is -2.11. The highest BCUT2D eigenvalue weighted by atomic mass is 35.5. The van der Waals surface area contributed by atoms with Gasteiger partial charge in [-0.2, -0.15) is 0 Å². The number of phenols is 1. The van der Waals surface area contributed by atoms with Crippen molar-refractivity contribution in [2.45, 2.75) is 0 Å². The Hall–Kier alpha value is -2.17. The fourth-order valence-corrected chi connectivity index (χ4v) is 2.27. The molecule has 0 spiro atoms. The fourth-order valence-electron chi connectivity index (χ4n) is 1.95. The lowest BCUT2D eigenvalue weighted by molar-refractivity contribution is 0.467. The van der Waals surface area contributed by atoms with E-state index < -0.39 is 0 Å². The molecule has 0 amide bonds. The van der Waals surface area contributed by atoms with E-state index >= 15 is 0 Å². The summed E-state index contributed by atoms with van der Waals surface area (Å²) in [6.07, 6.45) is 1.61. The van der Waals surface area contributed by atoms with Crippen molar-refractivity contribution in [3.8, 4) is 17.4 Å². The summed E-state index contributed by atoms with van der Waals surface area (Å²) in [4.78, 5) is 4.17. The van der Waals surface area contributed by atoms with Gasteiger partial charge in [0, 0.05) is 17.6 Å². The standard InChI is InChI=1S/C15H10Cl2N2O2/c16-11-6-13(18)14(7-12(11)17)21-15-10-5-9(20)2-1-8(10)3-4-19-15/h1-7,20H,18H2. The Balaban J connectivity index is 2.10. The van der Waals surface area contributed by atoms with Gasteiger partial charge in [0.05, 0.1) is 15.7 Å². The predicted octanol–water partition coefficient (Wildman–Crippen LogP) is 4.62. The van der Waals surface area contributed by atoms with Crippen LogP contribution >= 0.6 is 23.2 Å². The molecule has 0 saturated carbocycles. The van der Waals surface area contributed by atoms with Crippen LogP contribution in [0.15, 0.2) is 42.6 Å². The molecular weight excluding hydrogens is 311 g/mol. The monoisotopic (exact) mass is 320 g/mol. The van der Waals surface area contributed by atoms with Gasteiger partial charge in [-0.1, -0.05) is 29.3 Å². The summed E-state index contributed by atoms with van der Waals surface area (Å²) in [6, 6.07) is 9.81. The minimum Gasteiger partial charge on any atom is -0.508 e. The topological polar surface area (TPSA) is 68.4 Å². The van der Waals surface area contributed by atoms with Crippen LogP contribution in [0.5, 0.6) is 17.4 Å². The van der Waals surface area contributed by atoms with Crippen LogP contribution < -0.4 is 10.5 Å². The van der Waals surface area contributed by atoms with E-state index in [0.717, 1.165) is 5.39 Å². The van der Waals surface area contributed by atoms with E-state index in [2.05, 4.69) is 4.98 Å². The zero-order valence-electron chi connectivity index (χ0n) is 10.7. The molecular formula is C15H10Cl2N2O2. The molecule has 0 fully saturated rings. The third kappa shape index (κ3) is 2.68. The zero-order valence-corrected chi connectivity index (χ0v) is 12.2. The van der Waals surface area contributed by atoms with E-state index in [0.29, 0.717) is 32.7 Å². The molecule has 3 N–H and O–H groups in total. The quantitative estimate of drug-likeness (QED) is 0.676. The third-order valence-electron chi connectivity index (χ3n) is 2.97. The minimum atomic E-state index is 0.127. The SMILES string of the molecule is Nc1cc(Cl)c(Cl)cc1Oc1nccc2ccc(O)cc12. The zero-order chi connectivity index (χ0) is 15.0. The number of nitrogens with two attached hydrogens (primary N) is 1. The first-order valence-electron chi connectivity index (χ1n) is 6.05. The van der Waals surface area contributed by atoms with Crippen LogP contribution in [0.1, 0.15) is 0 Å². The van der Waals surface area contributed by atoms with Gasteiger partial charge in [-0.3, -0.25) is 0 Å². The highest BCUT2D eigenvalue weighted by Crippen LogP contribution is 2.36. The van der Waals surface area contributed by atoms with Gasteiger partial charge in [0.1, 0.15) is 5.75 Å². The lowest BCUT2D eigenvalue weighted by atomic mass is 10.1. The maximum Gasteiger partial charge on any atom is 0.227 e. The summed E-state index contributed by atoms with van der Waals surface area (Å²) in [5, 5.41) is 11.9. The number of nitrogens with zero attached hydrogens (tertiary/aromatic N) is 1. The van der Waals surface area contributed by atoms with E-state index in [9.17, 15) is 5.11 Å². The van der Waals surface area contributed by atoms with E-state index in [1.54, 1.807) is 24.4 Å².